The molecule has 0 saturated carbocycles. The molecule has 2 heterocycles. The van der Waals surface area contributed by atoms with Gasteiger partial charge in [0, 0.05) is 31.1 Å². The summed E-state index contributed by atoms with van der Waals surface area (Å²) in [7, 11) is 0. The molecule has 0 unspecified atom stereocenters. The Morgan fingerprint density at radius 3 is 2.58 bits per heavy atom. The van der Waals surface area contributed by atoms with Gasteiger partial charge in [-0.1, -0.05) is 37.2 Å². The lowest BCUT2D eigenvalue weighted by Crippen LogP contribution is -2.40. The molecule has 2 aromatic rings. The number of rotatable bonds is 5. The van der Waals surface area contributed by atoms with Crippen LogP contribution in [-0.2, 0) is 6.42 Å². The molecule has 26 heavy (non-hydrogen) atoms. The van der Waals surface area contributed by atoms with E-state index in [1.54, 1.807) is 0 Å². The fraction of sp³-hybridized carbons (Fsp3) is 0.526. The summed E-state index contributed by atoms with van der Waals surface area (Å²) in [6, 6.07) is 10.2. The summed E-state index contributed by atoms with van der Waals surface area (Å²) in [4.78, 5) is 11.6. The quantitative estimate of drug-likeness (QED) is 0.402. The first-order chi connectivity index (χ1) is 12.2. The Bertz CT molecular complexity index is 680. The molecule has 0 radical (unpaired) electrons. The third kappa shape index (κ3) is 5.96. The number of nitrogens with zero attached hydrogens (tertiary/aromatic N) is 4. The van der Waals surface area contributed by atoms with E-state index in [2.05, 4.69) is 46.3 Å². The normalized spacial score (nSPS) is 15.0. The molecule has 1 fully saturated rings. The lowest BCUT2D eigenvalue weighted by atomic mass is 10.1. The van der Waals surface area contributed by atoms with Gasteiger partial charge in [0.15, 0.2) is 11.8 Å². The maximum atomic E-state index is 5.31. The summed E-state index contributed by atoms with van der Waals surface area (Å²) in [6.07, 6.45) is 4.40. The van der Waals surface area contributed by atoms with E-state index >= 15 is 0 Å². The largest absolute Gasteiger partial charge is 0.343 e. The number of hydrogen-bond acceptors (Lipinski definition) is 4. The first kappa shape index (κ1) is 20.7. The second-order valence-corrected chi connectivity index (χ2v) is 6.70. The van der Waals surface area contributed by atoms with Crippen molar-refractivity contribution in [3.05, 3.63) is 42.0 Å². The third-order valence-corrected chi connectivity index (χ3v) is 4.27. The molecule has 1 aromatic heterocycles. The molecule has 0 bridgehead atoms. The Morgan fingerprint density at radius 1 is 1.19 bits per heavy atom. The first-order valence-electron chi connectivity index (χ1n) is 9.16. The molecule has 1 aliphatic rings. The molecule has 0 aliphatic carbocycles. The van der Waals surface area contributed by atoms with Crippen molar-refractivity contribution in [1.82, 2.24) is 15.0 Å². The van der Waals surface area contributed by atoms with Gasteiger partial charge in [0.1, 0.15) is 0 Å². The SMILES string of the molecule is CC(C)c1noc(CCN=C(Nc2ccccc2)N2CCCCC2)n1.I. The number of aromatic nitrogens is 2. The minimum Gasteiger partial charge on any atom is -0.343 e. The van der Waals surface area contributed by atoms with Crippen LogP contribution in [0, 0.1) is 0 Å². The van der Waals surface area contributed by atoms with Gasteiger partial charge in [-0.3, -0.25) is 4.99 Å². The van der Waals surface area contributed by atoms with Crippen LogP contribution < -0.4 is 5.32 Å². The van der Waals surface area contributed by atoms with Crippen LogP contribution in [0.15, 0.2) is 39.8 Å². The lowest BCUT2D eigenvalue weighted by molar-refractivity contribution is 0.340. The molecule has 1 N–H and O–H groups in total. The first-order valence-corrected chi connectivity index (χ1v) is 9.16. The van der Waals surface area contributed by atoms with E-state index in [1.807, 2.05) is 18.2 Å². The molecule has 0 spiro atoms. The number of piperidine rings is 1. The average molecular weight is 469 g/mol. The van der Waals surface area contributed by atoms with Crippen molar-refractivity contribution >= 4 is 35.6 Å². The van der Waals surface area contributed by atoms with E-state index in [9.17, 15) is 0 Å². The number of halogens is 1. The Kier molecular flexibility index (Phi) is 8.34. The summed E-state index contributed by atoms with van der Waals surface area (Å²) in [5.41, 5.74) is 1.06. The molecule has 142 valence electrons. The second-order valence-electron chi connectivity index (χ2n) is 6.70. The van der Waals surface area contributed by atoms with E-state index in [4.69, 9.17) is 9.52 Å². The Hall–Kier alpha value is -1.64. The number of nitrogens with one attached hydrogen (secondary N) is 1. The fourth-order valence-corrected chi connectivity index (χ4v) is 2.84. The van der Waals surface area contributed by atoms with Crippen molar-refractivity contribution in [2.45, 2.75) is 45.4 Å². The van der Waals surface area contributed by atoms with E-state index in [0.29, 0.717) is 18.9 Å². The number of hydrogen-bond donors (Lipinski definition) is 1. The Labute approximate surface area is 172 Å². The molecule has 0 amide bonds. The molecule has 7 heteroatoms. The van der Waals surface area contributed by atoms with Gasteiger partial charge in [-0.2, -0.15) is 4.98 Å². The van der Waals surface area contributed by atoms with Crippen molar-refractivity contribution in [3.63, 3.8) is 0 Å². The molecule has 1 saturated heterocycles. The van der Waals surface area contributed by atoms with Crippen LogP contribution in [-0.4, -0.2) is 40.6 Å². The summed E-state index contributed by atoms with van der Waals surface area (Å²) in [5, 5.41) is 7.48. The van der Waals surface area contributed by atoms with Crippen LogP contribution in [0.3, 0.4) is 0 Å². The van der Waals surface area contributed by atoms with Gasteiger partial charge in [0.05, 0.1) is 6.54 Å². The van der Waals surface area contributed by atoms with Gasteiger partial charge in [0.25, 0.3) is 0 Å². The standard InChI is InChI=1S/C19H27N5O.HI/c1-15(2)18-22-17(25-23-18)11-12-20-19(24-13-7-4-8-14-24)21-16-9-5-3-6-10-16;/h3,5-6,9-10,15H,4,7-8,11-14H2,1-2H3,(H,20,21);1H. The average Bonchev–Trinajstić information content (AvgIpc) is 3.12. The van der Waals surface area contributed by atoms with Crippen molar-refractivity contribution in [2.24, 2.45) is 4.99 Å². The van der Waals surface area contributed by atoms with Gasteiger partial charge in [-0.25, -0.2) is 0 Å². The zero-order valence-electron chi connectivity index (χ0n) is 15.5. The predicted octanol–water partition coefficient (Wildman–Crippen LogP) is 4.31. The van der Waals surface area contributed by atoms with E-state index < -0.39 is 0 Å². The number of likely N-dealkylation sites (tertiary alicyclic amines) is 1. The Morgan fingerprint density at radius 2 is 1.92 bits per heavy atom. The summed E-state index contributed by atoms with van der Waals surface area (Å²) in [5.74, 6) is 2.64. The van der Waals surface area contributed by atoms with Crippen molar-refractivity contribution in [2.75, 3.05) is 25.0 Å². The molecular formula is C19H28IN5O. The van der Waals surface area contributed by atoms with E-state index in [0.717, 1.165) is 30.6 Å². The molecule has 0 atom stereocenters. The summed E-state index contributed by atoms with van der Waals surface area (Å²) < 4.78 is 5.31. The number of anilines is 1. The van der Waals surface area contributed by atoms with Crippen LogP contribution in [0.25, 0.3) is 0 Å². The van der Waals surface area contributed by atoms with Gasteiger partial charge < -0.3 is 14.7 Å². The molecular weight excluding hydrogens is 441 g/mol. The monoisotopic (exact) mass is 469 g/mol. The maximum absolute atomic E-state index is 5.31. The highest BCUT2D eigenvalue weighted by Crippen LogP contribution is 2.13. The summed E-state index contributed by atoms with van der Waals surface area (Å²) in [6.45, 7) is 6.86. The minimum absolute atomic E-state index is 0. The van der Waals surface area contributed by atoms with Gasteiger partial charge in [-0.05, 0) is 31.4 Å². The van der Waals surface area contributed by atoms with Crippen molar-refractivity contribution < 1.29 is 4.52 Å². The van der Waals surface area contributed by atoms with E-state index in [-0.39, 0.29) is 29.9 Å². The van der Waals surface area contributed by atoms with Crippen LogP contribution in [0.4, 0.5) is 5.69 Å². The van der Waals surface area contributed by atoms with Crippen molar-refractivity contribution in [3.8, 4) is 0 Å². The molecule has 3 rings (SSSR count). The number of aliphatic imine (C=N–C) groups is 1. The highest BCUT2D eigenvalue weighted by atomic mass is 127. The number of para-hydroxylation sites is 1. The molecule has 1 aromatic carbocycles. The summed E-state index contributed by atoms with van der Waals surface area (Å²) >= 11 is 0. The maximum Gasteiger partial charge on any atom is 0.228 e. The molecule has 6 nitrogen and oxygen atoms in total. The zero-order chi connectivity index (χ0) is 17.5. The third-order valence-electron chi connectivity index (χ3n) is 4.27. The van der Waals surface area contributed by atoms with Crippen LogP contribution in [0.2, 0.25) is 0 Å². The zero-order valence-corrected chi connectivity index (χ0v) is 17.8. The number of benzene rings is 1. The van der Waals surface area contributed by atoms with Gasteiger partial charge in [0.2, 0.25) is 5.89 Å². The predicted molar refractivity (Wildman–Crippen MR) is 115 cm³/mol. The molecule has 1 aliphatic heterocycles. The highest BCUT2D eigenvalue weighted by Gasteiger charge is 2.15. The van der Waals surface area contributed by atoms with Crippen LogP contribution >= 0.6 is 24.0 Å². The highest BCUT2D eigenvalue weighted by molar-refractivity contribution is 14.0. The Balaban J connectivity index is 0.00000243. The van der Waals surface area contributed by atoms with Crippen LogP contribution in [0.1, 0.15) is 50.7 Å². The fourth-order valence-electron chi connectivity index (χ4n) is 2.84. The second kappa shape index (κ2) is 10.5. The number of guanidine groups is 1. The van der Waals surface area contributed by atoms with Gasteiger partial charge >= 0.3 is 0 Å². The lowest BCUT2D eigenvalue weighted by Gasteiger charge is -2.30. The van der Waals surface area contributed by atoms with E-state index in [1.165, 1.54) is 19.3 Å². The minimum atomic E-state index is 0. The van der Waals surface area contributed by atoms with Crippen molar-refractivity contribution in [1.29, 1.82) is 0 Å². The smallest absolute Gasteiger partial charge is 0.228 e. The van der Waals surface area contributed by atoms with Crippen LogP contribution in [0.5, 0.6) is 0 Å². The van der Waals surface area contributed by atoms with Gasteiger partial charge in [-0.15, -0.1) is 24.0 Å². The topological polar surface area (TPSA) is 66.6 Å².